The Balaban J connectivity index is 1.72. The average molecular weight is 429 g/mol. The Morgan fingerprint density at radius 1 is 0.516 bits per heavy atom. The fourth-order valence-corrected chi connectivity index (χ4v) is 3.96. The van der Waals surface area contributed by atoms with E-state index < -0.39 is 0 Å². The summed E-state index contributed by atoms with van der Waals surface area (Å²) in [7, 11) is 0. The van der Waals surface area contributed by atoms with Gasteiger partial charge in [-0.25, -0.2) is 0 Å². The van der Waals surface area contributed by atoms with E-state index in [1.165, 1.54) is 0 Å². The first-order valence-electron chi connectivity index (χ1n) is 11.4. The van der Waals surface area contributed by atoms with Gasteiger partial charge in [0.1, 0.15) is 23.0 Å². The van der Waals surface area contributed by atoms with Gasteiger partial charge < -0.3 is 18.9 Å². The van der Waals surface area contributed by atoms with Crippen molar-refractivity contribution < 1.29 is 18.9 Å². The molecular formula is C27H40O4. The van der Waals surface area contributed by atoms with Crippen molar-refractivity contribution in [2.24, 2.45) is 10.8 Å². The first-order chi connectivity index (χ1) is 14.7. The summed E-state index contributed by atoms with van der Waals surface area (Å²) < 4.78 is 22.9. The zero-order valence-electron chi connectivity index (χ0n) is 20.2. The first kappa shape index (κ1) is 24.9. The Labute approximate surface area is 188 Å². The number of rotatable bonds is 14. The lowest BCUT2D eigenvalue weighted by Crippen LogP contribution is -2.26. The fourth-order valence-electron chi connectivity index (χ4n) is 3.96. The van der Waals surface area contributed by atoms with Gasteiger partial charge in [0.2, 0.25) is 0 Å². The highest BCUT2D eigenvalue weighted by atomic mass is 16.5. The lowest BCUT2D eigenvalue weighted by molar-refractivity contribution is 0.128. The van der Waals surface area contributed by atoms with E-state index in [0.717, 1.165) is 42.3 Å². The second kappa shape index (κ2) is 11.9. The lowest BCUT2D eigenvalue weighted by atomic mass is 9.72. The molecule has 0 atom stereocenters. The Kier molecular flexibility index (Phi) is 9.54. The number of hydrogen-bond acceptors (Lipinski definition) is 4. The van der Waals surface area contributed by atoms with Crippen molar-refractivity contribution in [3.63, 3.8) is 0 Å². The Morgan fingerprint density at radius 2 is 0.806 bits per heavy atom. The maximum absolute atomic E-state index is 5.96. The largest absolute Gasteiger partial charge is 0.494 e. The van der Waals surface area contributed by atoms with Gasteiger partial charge >= 0.3 is 0 Å². The van der Waals surface area contributed by atoms with Crippen LogP contribution in [0.25, 0.3) is 0 Å². The molecule has 0 radical (unpaired) electrons. The van der Waals surface area contributed by atoms with Crippen LogP contribution in [-0.4, -0.2) is 26.4 Å². The van der Waals surface area contributed by atoms with Gasteiger partial charge in [-0.1, -0.05) is 27.7 Å². The molecule has 4 heteroatoms. The van der Waals surface area contributed by atoms with Crippen LogP contribution in [0.15, 0.2) is 48.5 Å². The minimum Gasteiger partial charge on any atom is -0.494 e. The molecule has 0 aliphatic rings. The predicted molar refractivity (Wildman–Crippen MR) is 128 cm³/mol. The predicted octanol–water partition coefficient (Wildman–Crippen LogP) is 7.16. The maximum Gasteiger partial charge on any atom is 0.119 e. The van der Waals surface area contributed by atoms with Gasteiger partial charge in [-0.3, -0.25) is 0 Å². The molecule has 0 aliphatic carbocycles. The molecule has 0 saturated carbocycles. The zero-order chi connectivity index (χ0) is 22.7. The second-order valence-corrected chi connectivity index (χ2v) is 9.51. The monoisotopic (exact) mass is 428 g/mol. The van der Waals surface area contributed by atoms with Crippen LogP contribution in [0.2, 0.25) is 0 Å². The van der Waals surface area contributed by atoms with Gasteiger partial charge in [0, 0.05) is 0 Å². The van der Waals surface area contributed by atoms with Crippen LogP contribution in [-0.2, 0) is 0 Å². The van der Waals surface area contributed by atoms with Gasteiger partial charge in [-0.2, -0.15) is 0 Å². The third-order valence-electron chi connectivity index (χ3n) is 5.32. The van der Waals surface area contributed by atoms with Gasteiger partial charge in [-0.05, 0) is 92.5 Å². The molecule has 4 nitrogen and oxygen atoms in total. The maximum atomic E-state index is 5.96. The van der Waals surface area contributed by atoms with Crippen molar-refractivity contribution in [2.45, 2.75) is 60.8 Å². The first-order valence-corrected chi connectivity index (χ1v) is 11.4. The smallest absolute Gasteiger partial charge is 0.119 e. The van der Waals surface area contributed by atoms with Crippen molar-refractivity contribution in [3.8, 4) is 23.0 Å². The van der Waals surface area contributed by atoms with Gasteiger partial charge in [0.15, 0.2) is 0 Å². The third kappa shape index (κ3) is 9.54. The van der Waals surface area contributed by atoms with Gasteiger partial charge in [-0.15, -0.1) is 0 Å². The lowest BCUT2D eigenvalue weighted by Gasteiger charge is -2.35. The molecule has 2 rings (SSSR count). The van der Waals surface area contributed by atoms with E-state index in [0.29, 0.717) is 26.4 Å². The van der Waals surface area contributed by atoms with E-state index in [1.54, 1.807) is 0 Å². The number of ether oxygens (including phenoxy) is 4. The van der Waals surface area contributed by atoms with Crippen molar-refractivity contribution in [1.82, 2.24) is 0 Å². The topological polar surface area (TPSA) is 36.9 Å². The number of benzene rings is 2. The molecule has 2 aromatic carbocycles. The van der Waals surface area contributed by atoms with E-state index in [4.69, 9.17) is 18.9 Å². The summed E-state index contributed by atoms with van der Waals surface area (Å²) in [4.78, 5) is 0. The van der Waals surface area contributed by atoms with E-state index in [9.17, 15) is 0 Å². The fraction of sp³-hybridized carbons (Fsp3) is 0.556. The minimum atomic E-state index is 0.188. The van der Waals surface area contributed by atoms with Crippen molar-refractivity contribution in [2.75, 3.05) is 26.4 Å². The molecule has 0 bridgehead atoms. The molecular weight excluding hydrogens is 388 g/mol. The summed E-state index contributed by atoms with van der Waals surface area (Å²) in [6, 6.07) is 15.7. The molecule has 172 valence electrons. The summed E-state index contributed by atoms with van der Waals surface area (Å²) in [6.45, 7) is 16.0. The third-order valence-corrected chi connectivity index (χ3v) is 5.32. The SMILES string of the molecule is CCOc1ccc(OCCC(C)(C)CC(C)(C)CCOc2ccc(OCC)cc2)cc1. The Hall–Kier alpha value is -2.36. The molecule has 0 aromatic heterocycles. The normalized spacial score (nSPS) is 11.8. The van der Waals surface area contributed by atoms with E-state index in [-0.39, 0.29) is 10.8 Å². The van der Waals surface area contributed by atoms with E-state index in [2.05, 4.69) is 27.7 Å². The molecule has 0 heterocycles. The summed E-state index contributed by atoms with van der Waals surface area (Å²) in [5.74, 6) is 3.54. The molecule has 0 fully saturated rings. The van der Waals surface area contributed by atoms with Crippen LogP contribution in [0.4, 0.5) is 0 Å². The standard InChI is InChI=1S/C27H40O4/c1-7-28-22-9-13-24(14-10-22)30-19-17-26(3,4)21-27(5,6)18-20-31-25-15-11-23(12-16-25)29-8-2/h9-16H,7-8,17-21H2,1-6H3. The molecule has 2 aromatic rings. The van der Waals surface area contributed by atoms with Crippen LogP contribution < -0.4 is 18.9 Å². The van der Waals surface area contributed by atoms with Crippen LogP contribution in [0.5, 0.6) is 23.0 Å². The second-order valence-electron chi connectivity index (χ2n) is 9.51. The zero-order valence-corrected chi connectivity index (χ0v) is 20.2. The quantitative estimate of drug-likeness (QED) is 0.320. The highest BCUT2D eigenvalue weighted by Gasteiger charge is 2.28. The van der Waals surface area contributed by atoms with Crippen LogP contribution in [0, 0.1) is 10.8 Å². The Bertz CT molecular complexity index is 682. The highest BCUT2D eigenvalue weighted by Crippen LogP contribution is 2.38. The van der Waals surface area contributed by atoms with E-state index >= 15 is 0 Å². The summed E-state index contributed by atoms with van der Waals surface area (Å²) in [5.41, 5.74) is 0.377. The van der Waals surface area contributed by atoms with Crippen molar-refractivity contribution >= 4 is 0 Å². The summed E-state index contributed by atoms with van der Waals surface area (Å²) in [5, 5.41) is 0. The van der Waals surface area contributed by atoms with Crippen molar-refractivity contribution in [1.29, 1.82) is 0 Å². The summed E-state index contributed by atoms with van der Waals surface area (Å²) in [6.07, 6.45) is 3.12. The molecule has 0 saturated heterocycles. The number of hydrogen-bond donors (Lipinski definition) is 0. The molecule has 0 unspecified atom stereocenters. The molecule has 0 aliphatic heterocycles. The van der Waals surface area contributed by atoms with E-state index in [1.807, 2.05) is 62.4 Å². The molecule has 0 amide bonds. The van der Waals surface area contributed by atoms with Crippen LogP contribution in [0.1, 0.15) is 60.8 Å². The molecule has 31 heavy (non-hydrogen) atoms. The van der Waals surface area contributed by atoms with Gasteiger partial charge in [0.05, 0.1) is 26.4 Å². The van der Waals surface area contributed by atoms with Crippen LogP contribution >= 0.6 is 0 Å². The highest BCUT2D eigenvalue weighted by molar-refractivity contribution is 5.32. The molecule has 0 spiro atoms. The Morgan fingerprint density at radius 3 is 1.10 bits per heavy atom. The summed E-state index contributed by atoms with van der Waals surface area (Å²) >= 11 is 0. The van der Waals surface area contributed by atoms with Crippen LogP contribution in [0.3, 0.4) is 0 Å². The molecule has 0 N–H and O–H groups in total. The average Bonchev–Trinajstić information content (AvgIpc) is 2.70. The van der Waals surface area contributed by atoms with Crippen molar-refractivity contribution in [3.05, 3.63) is 48.5 Å². The minimum absolute atomic E-state index is 0.188. The van der Waals surface area contributed by atoms with Gasteiger partial charge in [0.25, 0.3) is 0 Å².